The molecular weight excluding hydrogens is 769 g/mol. The van der Waals surface area contributed by atoms with Gasteiger partial charge in [-0.2, -0.15) is 0 Å². The van der Waals surface area contributed by atoms with Crippen LogP contribution in [0.5, 0.6) is 0 Å². The molecule has 0 bridgehead atoms. The summed E-state index contributed by atoms with van der Waals surface area (Å²) in [5.41, 5.74) is 13.0. The number of Topliss-reactive ketones (excluding diaryl/α,β-unsaturated/α-hetero) is 3. The molecule has 2 heterocycles. The maximum atomic E-state index is 13.7. The monoisotopic (exact) mass is 839 g/mol. The number of nitrogens with one attached hydrogen (secondary N) is 6. The van der Waals surface area contributed by atoms with Gasteiger partial charge in [0, 0.05) is 25.1 Å². The van der Waals surface area contributed by atoms with Crippen molar-refractivity contribution in [3.63, 3.8) is 0 Å². The van der Waals surface area contributed by atoms with Crippen molar-refractivity contribution in [3.8, 4) is 0 Å². The molecule has 2 amide bonds. The molecule has 334 valence electrons. The second-order valence-electron chi connectivity index (χ2n) is 18.4. The average Bonchev–Trinajstić information content (AvgIpc) is 4.13. The van der Waals surface area contributed by atoms with Crippen molar-refractivity contribution < 1.29 is 42.9 Å². The smallest absolute Gasteiger partial charge is 0.407 e. The molecule has 0 aromatic heterocycles. The highest BCUT2D eigenvalue weighted by Crippen LogP contribution is 2.59. The fraction of sp³-hybridized carbons (Fsp3) is 0.711. The quantitative estimate of drug-likeness (QED) is 0.0403. The summed E-state index contributed by atoms with van der Waals surface area (Å²) in [6.07, 6.45) is 6.56. The van der Waals surface area contributed by atoms with Crippen LogP contribution in [0.4, 0.5) is 4.79 Å². The molecule has 4 fully saturated rings. The van der Waals surface area contributed by atoms with Crippen LogP contribution in [0.15, 0.2) is 42.0 Å². The molecule has 4 aliphatic rings. The third kappa shape index (κ3) is 13.0. The molecule has 8 atom stereocenters. The van der Waals surface area contributed by atoms with E-state index >= 15 is 0 Å². The molecule has 2 saturated heterocycles. The summed E-state index contributed by atoms with van der Waals surface area (Å²) >= 11 is 0. The van der Waals surface area contributed by atoms with Gasteiger partial charge < -0.3 is 29.6 Å². The number of carbonyl (C=O) groups excluding carboxylic acids is 5. The Labute approximate surface area is 355 Å². The molecule has 6 N–H and O–H groups in total. The zero-order chi connectivity index (χ0) is 43.6. The normalized spacial score (nSPS) is 29.4. The Hall–Kier alpha value is -3.57. The lowest BCUT2D eigenvalue weighted by Gasteiger charge is -2.42. The molecule has 1 aromatic rings. The number of ether oxygens (including phenoxy) is 4. The minimum absolute atomic E-state index is 0.0145. The van der Waals surface area contributed by atoms with Gasteiger partial charge in [0.2, 0.25) is 17.5 Å². The van der Waals surface area contributed by atoms with E-state index in [1.165, 1.54) is 5.57 Å². The predicted octanol–water partition coefficient (Wildman–Crippen LogP) is 3.79. The summed E-state index contributed by atoms with van der Waals surface area (Å²) in [4.78, 5) is 65.7. The number of benzene rings is 1. The van der Waals surface area contributed by atoms with E-state index in [2.05, 4.69) is 59.2 Å². The van der Waals surface area contributed by atoms with Crippen molar-refractivity contribution in [2.75, 3.05) is 26.8 Å². The van der Waals surface area contributed by atoms with Gasteiger partial charge in [-0.05, 0) is 90.0 Å². The van der Waals surface area contributed by atoms with Gasteiger partial charge in [0.25, 0.3) is 0 Å². The second-order valence-corrected chi connectivity index (χ2v) is 18.4. The van der Waals surface area contributed by atoms with Crippen LogP contribution in [0, 0.1) is 17.8 Å². The number of rotatable bonds is 23. The number of epoxide rings is 2. The van der Waals surface area contributed by atoms with E-state index in [0.717, 1.165) is 18.4 Å². The van der Waals surface area contributed by atoms with Crippen molar-refractivity contribution in [2.45, 2.75) is 160 Å². The first kappa shape index (κ1) is 47.5. The van der Waals surface area contributed by atoms with E-state index in [9.17, 15) is 24.0 Å². The SMILES string of the molecule is COC1C(OC(=O)N[C@H]2CC[C@H](NC(=O)CNN[C@@H](CC(C)C)C(=O)C(=O)[C@H](Cc3ccccc3)NNCC(=O)C(C)C)CC2)CC[C@]2(CO2)C1C1(C)O[C@@H]1CC=C(C)C. The molecule has 15 heteroatoms. The molecule has 4 unspecified atom stereocenters. The molecule has 15 nitrogen and oxygen atoms in total. The maximum Gasteiger partial charge on any atom is 0.407 e. The summed E-state index contributed by atoms with van der Waals surface area (Å²) in [6, 6.07) is 7.41. The Morgan fingerprint density at radius 3 is 2.08 bits per heavy atom. The highest BCUT2D eigenvalue weighted by molar-refractivity contribution is 6.41. The molecule has 5 rings (SSSR count). The molecule has 2 aliphatic heterocycles. The third-order valence-electron chi connectivity index (χ3n) is 12.5. The van der Waals surface area contributed by atoms with Gasteiger partial charge in [-0.1, -0.05) is 69.7 Å². The van der Waals surface area contributed by atoms with Crippen molar-refractivity contribution >= 4 is 29.4 Å². The van der Waals surface area contributed by atoms with Crippen LogP contribution in [0.1, 0.15) is 105 Å². The highest BCUT2D eigenvalue weighted by atomic mass is 16.6. The minimum atomic E-state index is -0.908. The van der Waals surface area contributed by atoms with E-state index in [4.69, 9.17) is 18.9 Å². The van der Waals surface area contributed by atoms with Crippen molar-refractivity contribution in [3.05, 3.63) is 47.5 Å². The largest absolute Gasteiger partial charge is 0.443 e. The number of hydrogen-bond acceptors (Lipinski definition) is 13. The lowest BCUT2D eigenvalue weighted by molar-refractivity contribution is -0.139. The number of ketones is 3. The Balaban J connectivity index is 1.05. The average molecular weight is 839 g/mol. The van der Waals surface area contributed by atoms with Crippen LogP contribution in [0.3, 0.4) is 0 Å². The van der Waals surface area contributed by atoms with Gasteiger partial charge in [0.15, 0.2) is 5.78 Å². The minimum Gasteiger partial charge on any atom is -0.443 e. The van der Waals surface area contributed by atoms with Gasteiger partial charge in [-0.25, -0.2) is 26.5 Å². The number of methoxy groups -OCH3 is 1. The maximum absolute atomic E-state index is 13.7. The predicted molar refractivity (Wildman–Crippen MR) is 226 cm³/mol. The highest BCUT2D eigenvalue weighted by Gasteiger charge is 2.72. The van der Waals surface area contributed by atoms with Crippen LogP contribution in [0.2, 0.25) is 0 Å². The summed E-state index contributed by atoms with van der Waals surface area (Å²) in [5, 5.41) is 6.10. The fourth-order valence-electron chi connectivity index (χ4n) is 8.89. The first-order chi connectivity index (χ1) is 28.5. The van der Waals surface area contributed by atoms with Gasteiger partial charge >= 0.3 is 6.09 Å². The standard InChI is InChI=1S/C45H70N6O9/c1-27(2)14-19-37-44(7,60-37)42-41(57-8)36(20-21-45(42)26-58-45)59-43(56)49-32-17-15-31(16-18-32)48-38(53)25-47-50-33(22-28(3)4)39(54)40(55)34(23-30-12-10-9-11-13-30)51-46-24-35(52)29(5)6/h9-14,28-29,31-34,36-37,41-42,46-47,50-51H,15-26H2,1-8H3,(H,48,53)(H,49,56)/t31-,32-,33-,34-,36?,37+,41?,42?,44?,45-/m0/s1. The Morgan fingerprint density at radius 2 is 1.48 bits per heavy atom. The molecular formula is C45H70N6O9. The molecule has 2 aliphatic carbocycles. The Kier molecular flexibility index (Phi) is 17.0. The summed E-state index contributed by atoms with van der Waals surface area (Å²) in [5.74, 6) is -1.69. The summed E-state index contributed by atoms with van der Waals surface area (Å²) < 4.78 is 24.4. The lowest BCUT2D eigenvalue weighted by Crippen LogP contribution is -2.57. The third-order valence-corrected chi connectivity index (χ3v) is 12.5. The molecule has 0 radical (unpaired) electrons. The zero-order valence-corrected chi connectivity index (χ0v) is 36.9. The Morgan fingerprint density at radius 1 is 0.867 bits per heavy atom. The van der Waals surface area contributed by atoms with Crippen LogP contribution < -0.4 is 32.3 Å². The van der Waals surface area contributed by atoms with Crippen LogP contribution >= 0.6 is 0 Å². The molecule has 2 saturated carbocycles. The molecule has 60 heavy (non-hydrogen) atoms. The number of amides is 2. The number of allylic oxidation sites excluding steroid dienone is 1. The second kappa shape index (κ2) is 21.5. The Bertz CT molecular complexity index is 1660. The van der Waals surface area contributed by atoms with Crippen LogP contribution in [-0.2, 0) is 44.5 Å². The van der Waals surface area contributed by atoms with E-state index in [1.54, 1.807) is 21.0 Å². The van der Waals surface area contributed by atoms with Crippen molar-refractivity contribution in [1.82, 2.24) is 32.3 Å². The molecule has 1 spiro atoms. The van der Waals surface area contributed by atoms with Gasteiger partial charge in [-0.3, -0.25) is 19.2 Å². The first-order valence-electron chi connectivity index (χ1n) is 21.9. The van der Waals surface area contributed by atoms with Gasteiger partial charge in [-0.15, -0.1) is 0 Å². The van der Waals surface area contributed by atoms with E-state index in [1.807, 2.05) is 44.2 Å². The fourth-order valence-corrected chi connectivity index (χ4v) is 8.89. The number of carbonyl (C=O) groups is 5. The summed E-state index contributed by atoms with van der Waals surface area (Å²) in [7, 11) is 1.66. The number of alkyl carbamates (subject to hydrolysis) is 1. The van der Waals surface area contributed by atoms with E-state index in [-0.39, 0.29) is 78.8 Å². The van der Waals surface area contributed by atoms with Gasteiger partial charge in [0.05, 0.1) is 43.8 Å². The lowest BCUT2D eigenvalue weighted by atomic mass is 9.68. The van der Waals surface area contributed by atoms with Gasteiger partial charge in [0.1, 0.15) is 23.4 Å². The van der Waals surface area contributed by atoms with Crippen LogP contribution in [0.25, 0.3) is 0 Å². The summed E-state index contributed by atoms with van der Waals surface area (Å²) in [6.45, 7) is 14.4. The van der Waals surface area contributed by atoms with E-state index < -0.39 is 41.4 Å². The van der Waals surface area contributed by atoms with E-state index in [0.29, 0.717) is 45.1 Å². The first-order valence-corrected chi connectivity index (χ1v) is 21.9. The number of hydrogen-bond donors (Lipinski definition) is 6. The van der Waals surface area contributed by atoms with Crippen molar-refractivity contribution in [1.29, 1.82) is 0 Å². The van der Waals surface area contributed by atoms with Crippen LogP contribution in [-0.4, -0.2) is 110 Å². The number of hydrazine groups is 2. The van der Waals surface area contributed by atoms with Crippen molar-refractivity contribution in [2.24, 2.45) is 17.8 Å². The topological polar surface area (TPSA) is 201 Å². The molecule has 1 aromatic carbocycles. The zero-order valence-electron chi connectivity index (χ0n) is 36.9.